The van der Waals surface area contributed by atoms with Gasteiger partial charge in [0.1, 0.15) is 0 Å². The minimum absolute atomic E-state index is 0.733. The fourth-order valence-corrected chi connectivity index (χ4v) is 3.19. The van der Waals surface area contributed by atoms with Crippen LogP contribution in [0.2, 0.25) is 0 Å². The van der Waals surface area contributed by atoms with Crippen LogP contribution in [0.3, 0.4) is 0 Å². The van der Waals surface area contributed by atoms with Crippen LogP contribution in [-0.4, -0.2) is 24.0 Å². The maximum absolute atomic E-state index is 3.73. The van der Waals surface area contributed by atoms with Crippen LogP contribution in [0.5, 0.6) is 0 Å². The standard InChI is InChI=1S/C19H32N2/c1-4-21(5-2)15-18-10-8-17(9-11-18)14-20-19-12-6-16(3)7-13-19/h8-11,16,19-20H,4-7,12-15H2,1-3H3. The van der Waals surface area contributed by atoms with Gasteiger partial charge in [-0.2, -0.15) is 0 Å². The summed E-state index contributed by atoms with van der Waals surface area (Å²) in [5.41, 5.74) is 2.84. The lowest BCUT2D eigenvalue weighted by atomic mass is 9.87. The van der Waals surface area contributed by atoms with E-state index >= 15 is 0 Å². The summed E-state index contributed by atoms with van der Waals surface area (Å²) in [5, 5.41) is 3.73. The van der Waals surface area contributed by atoms with E-state index in [1.54, 1.807) is 0 Å². The molecule has 0 aliphatic heterocycles. The minimum atomic E-state index is 0.733. The smallest absolute Gasteiger partial charge is 0.0233 e. The van der Waals surface area contributed by atoms with Gasteiger partial charge in [-0.15, -0.1) is 0 Å². The second kappa shape index (κ2) is 8.55. The Morgan fingerprint density at radius 3 is 2.10 bits per heavy atom. The topological polar surface area (TPSA) is 15.3 Å². The molecule has 118 valence electrons. The van der Waals surface area contributed by atoms with Gasteiger partial charge in [-0.1, -0.05) is 45.0 Å². The highest BCUT2D eigenvalue weighted by atomic mass is 15.1. The van der Waals surface area contributed by atoms with Gasteiger partial charge in [0.15, 0.2) is 0 Å². The van der Waals surface area contributed by atoms with Crippen molar-refractivity contribution in [3.8, 4) is 0 Å². The largest absolute Gasteiger partial charge is 0.310 e. The number of hydrogen-bond donors (Lipinski definition) is 1. The number of hydrogen-bond acceptors (Lipinski definition) is 2. The van der Waals surface area contributed by atoms with Crippen LogP contribution in [0.15, 0.2) is 24.3 Å². The molecule has 0 radical (unpaired) electrons. The molecule has 2 heteroatoms. The third kappa shape index (κ3) is 5.44. The lowest BCUT2D eigenvalue weighted by Gasteiger charge is -2.27. The van der Waals surface area contributed by atoms with Crippen molar-refractivity contribution in [2.45, 2.75) is 65.6 Å². The Bertz CT molecular complexity index is 387. The Balaban J connectivity index is 1.77. The molecule has 0 spiro atoms. The average molecular weight is 288 g/mol. The van der Waals surface area contributed by atoms with E-state index in [2.05, 4.69) is 55.3 Å². The van der Waals surface area contributed by atoms with Crippen molar-refractivity contribution in [1.82, 2.24) is 10.2 Å². The average Bonchev–Trinajstić information content (AvgIpc) is 2.53. The van der Waals surface area contributed by atoms with Crippen LogP contribution < -0.4 is 5.32 Å². The summed E-state index contributed by atoms with van der Waals surface area (Å²) in [7, 11) is 0. The molecule has 21 heavy (non-hydrogen) atoms. The molecule has 1 aromatic carbocycles. The lowest BCUT2D eigenvalue weighted by molar-refractivity contribution is 0.296. The molecule has 0 heterocycles. The summed E-state index contributed by atoms with van der Waals surface area (Å²) in [6.45, 7) is 11.2. The van der Waals surface area contributed by atoms with E-state index in [0.29, 0.717) is 0 Å². The van der Waals surface area contributed by atoms with Gasteiger partial charge in [0, 0.05) is 19.1 Å². The highest BCUT2D eigenvalue weighted by molar-refractivity contribution is 5.22. The van der Waals surface area contributed by atoms with Crippen molar-refractivity contribution in [1.29, 1.82) is 0 Å². The monoisotopic (exact) mass is 288 g/mol. The minimum Gasteiger partial charge on any atom is -0.310 e. The Labute approximate surface area is 130 Å². The predicted octanol–water partition coefficient (Wildman–Crippen LogP) is 4.20. The maximum Gasteiger partial charge on any atom is 0.0233 e. The Kier molecular flexibility index (Phi) is 6.72. The quantitative estimate of drug-likeness (QED) is 0.809. The molecule has 1 aromatic rings. The first-order valence-corrected chi connectivity index (χ1v) is 8.74. The van der Waals surface area contributed by atoms with Gasteiger partial charge in [-0.25, -0.2) is 0 Å². The maximum atomic E-state index is 3.73. The van der Waals surface area contributed by atoms with Crippen LogP contribution in [-0.2, 0) is 13.1 Å². The molecule has 2 rings (SSSR count). The van der Waals surface area contributed by atoms with E-state index in [4.69, 9.17) is 0 Å². The molecule has 1 fully saturated rings. The molecule has 0 bridgehead atoms. The lowest BCUT2D eigenvalue weighted by Crippen LogP contribution is -2.32. The van der Waals surface area contributed by atoms with Crippen LogP contribution in [0.25, 0.3) is 0 Å². The molecule has 0 aromatic heterocycles. The first kappa shape index (κ1) is 16.5. The van der Waals surface area contributed by atoms with Crippen molar-refractivity contribution in [2.24, 2.45) is 5.92 Å². The molecule has 1 aliphatic rings. The van der Waals surface area contributed by atoms with E-state index in [-0.39, 0.29) is 0 Å². The number of nitrogens with zero attached hydrogens (tertiary/aromatic N) is 1. The van der Waals surface area contributed by atoms with E-state index in [1.165, 1.54) is 36.8 Å². The molecule has 0 amide bonds. The SMILES string of the molecule is CCN(CC)Cc1ccc(CNC2CCC(C)CC2)cc1. The number of benzene rings is 1. The number of rotatable bonds is 7. The second-order valence-electron chi connectivity index (χ2n) is 6.62. The summed E-state index contributed by atoms with van der Waals surface area (Å²) in [4.78, 5) is 2.45. The molecular formula is C19H32N2. The molecule has 0 atom stereocenters. The van der Waals surface area contributed by atoms with Crippen molar-refractivity contribution in [3.05, 3.63) is 35.4 Å². The number of nitrogens with one attached hydrogen (secondary N) is 1. The molecule has 0 unspecified atom stereocenters. The van der Waals surface area contributed by atoms with Gasteiger partial charge in [-0.05, 0) is 55.8 Å². The Hall–Kier alpha value is -0.860. The van der Waals surface area contributed by atoms with E-state index < -0.39 is 0 Å². The van der Waals surface area contributed by atoms with Gasteiger partial charge in [0.2, 0.25) is 0 Å². The summed E-state index contributed by atoms with van der Waals surface area (Å²) in [6, 6.07) is 9.89. The molecule has 1 saturated carbocycles. The van der Waals surface area contributed by atoms with Crippen LogP contribution >= 0.6 is 0 Å². The predicted molar refractivity (Wildman–Crippen MR) is 91.3 cm³/mol. The van der Waals surface area contributed by atoms with Gasteiger partial charge >= 0.3 is 0 Å². The molecule has 1 N–H and O–H groups in total. The van der Waals surface area contributed by atoms with Gasteiger partial charge in [0.05, 0.1) is 0 Å². The summed E-state index contributed by atoms with van der Waals surface area (Å²) in [5.74, 6) is 0.933. The zero-order valence-electron chi connectivity index (χ0n) is 14.1. The van der Waals surface area contributed by atoms with Crippen LogP contribution in [0.1, 0.15) is 57.6 Å². The zero-order valence-corrected chi connectivity index (χ0v) is 14.1. The van der Waals surface area contributed by atoms with Crippen molar-refractivity contribution in [3.63, 3.8) is 0 Å². The van der Waals surface area contributed by atoms with E-state index in [9.17, 15) is 0 Å². The fraction of sp³-hybridized carbons (Fsp3) is 0.684. The fourth-order valence-electron chi connectivity index (χ4n) is 3.19. The zero-order chi connectivity index (χ0) is 15.1. The van der Waals surface area contributed by atoms with Gasteiger partial charge in [0.25, 0.3) is 0 Å². The summed E-state index contributed by atoms with van der Waals surface area (Å²) in [6.07, 6.45) is 5.48. The third-order valence-electron chi connectivity index (χ3n) is 4.93. The molecular weight excluding hydrogens is 256 g/mol. The van der Waals surface area contributed by atoms with E-state index in [1.807, 2.05) is 0 Å². The van der Waals surface area contributed by atoms with Gasteiger partial charge < -0.3 is 5.32 Å². The third-order valence-corrected chi connectivity index (χ3v) is 4.93. The molecule has 2 nitrogen and oxygen atoms in total. The Morgan fingerprint density at radius 1 is 0.952 bits per heavy atom. The van der Waals surface area contributed by atoms with Gasteiger partial charge in [-0.3, -0.25) is 4.90 Å². The normalized spacial score (nSPS) is 22.7. The highest BCUT2D eigenvalue weighted by Gasteiger charge is 2.17. The van der Waals surface area contributed by atoms with E-state index in [0.717, 1.165) is 38.1 Å². The van der Waals surface area contributed by atoms with Crippen LogP contribution in [0, 0.1) is 5.92 Å². The molecule has 0 saturated heterocycles. The van der Waals surface area contributed by atoms with Crippen LogP contribution in [0.4, 0.5) is 0 Å². The van der Waals surface area contributed by atoms with Crippen molar-refractivity contribution >= 4 is 0 Å². The first-order chi connectivity index (χ1) is 10.2. The first-order valence-electron chi connectivity index (χ1n) is 8.74. The molecule has 1 aliphatic carbocycles. The second-order valence-corrected chi connectivity index (χ2v) is 6.62. The Morgan fingerprint density at radius 2 is 1.52 bits per heavy atom. The highest BCUT2D eigenvalue weighted by Crippen LogP contribution is 2.23. The van der Waals surface area contributed by atoms with Crippen molar-refractivity contribution in [2.75, 3.05) is 13.1 Å². The summed E-state index contributed by atoms with van der Waals surface area (Å²) >= 11 is 0. The summed E-state index contributed by atoms with van der Waals surface area (Å²) < 4.78 is 0. The van der Waals surface area contributed by atoms with Crippen molar-refractivity contribution < 1.29 is 0 Å².